The first-order chi connectivity index (χ1) is 20.3. The second-order valence-electron chi connectivity index (χ2n) is 8.81. The molecule has 4 aromatic carbocycles. The van der Waals surface area contributed by atoms with Crippen LogP contribution in [0, 0.1) is 0 Å². The molecule has 9 nitrogen and oxygen atoms in total. The Bertz CT molecular complexity index is 1710. The minimum atomic E-state index is -0.662. The van der Waals surface area contributed by atoms with E-state index >= 15 is 0 Å². The number of carbonyl (C=O) groups is 3. The first kappa shape index (κ1) is 28.8. The second-order valence-corrected chi connectivity index (χ2v) is 10.6. The Balaban J connectivity index is 1.32. The molecule has 0 atom stereocenters. The topological polar surface area (TPSA) is 115 Å². The second kappa shape index (κ2) is 13.3. The number of hydrazone groups is 1. The van der Waals surface area contributed by atoms with E-state index in [9.17, 15) is 14.4 Å². The highest BCUT2D eigenvalue weighted by atomic mass is 79.9. The number of nitrogens with one attached hydrogen (secondary N) is 2. The monoisotopic (exact) mass is 689 g/mol. The van der Waals surface area contributed by atoms with Crippen LogP contribution < -0.4 is 25.0 Å². The van der Waals surface area contributed by atoms with Gasteiger partial charge in [0, 0.05) is 14.5 Å². The van der Waals surface area contributed by atoms with Gasteiger partial charge < -0.3 is 19.5 Å². The Labute approximate surface area is 257 Å². The first-order valence-corrected chi connectivity index (χ1v) is 14.0. The lowest BCUT2D eigenvalue weighted by molar-refractivity contribution is -0.117. The SMILES string of the molecule is O=C(N/N=C\c1cc(Br)cc(OC(=O)c2ccc(Br)cc2)c1)/C(=C/c1ccc2c(c1)OCO2)NC(=O)c1ccccc1. The predicted octanol–water partition coefficient (Wildman–Crippen LogP) is 6.08. The van der Waals surface area contributed by atoms with Crippen molar-refractivity contribution in [1.29, 1.82) is 0 Å². The van der Waals surface area contributed by atoms with Crippen LogP contribution in [0.15, 0.2) is 111 Å². The lowest BCUT2D eigenvalue weighted by atomic mass is 10.1. The number of nitrogens with zero attached hydrogens (tertiary/aromatic N) is 1. The number of hydrogen-bond donors (Lipinski definition) is 2. The molecule has 4 aromatic rings. The molecule has 0 aliphatic carbocycles. The standard InChI is InChI=1S/C31H21Br2N3O6/c32-23-9-7-22(8-10-23)31(39)42-25-13-20(12-24(33)16-25)17-34-36-30(38)26(35-29(37)21-4-2-1-3-5-21)14-19-6-11-27-28(15-19)41-18-40-27/h1-17H,18H2,(H,35,37)(H,36,38)/b26-14-,34-17-. The quantitative estimate of drug-likeness (QED) is 0.0762. The molecule has 0 radical (unpaired) electrons. The molecular weight excluding hydrogens is 670 g/mol. The molecule has 1 aliphatic rings. The Kier molecular flexibility index (Phi) is 9.10. The van der Waals surface area contributed by atoms with Crippen LogP contribution >= 0.6 is 31.9 Å². The van der Waals surface area contributed by atoms with Crippen LogP contribution in [0.4, 0.5) is 0 Å². The van der Waals surface area contributed by atoms with E-state index in [-0.39, 0.29) is 18.2 Å². The van der Waals surface area contributed by atoms with E-state index in [1.165, 1.54) is 12.3 Å². The van der Waals surface area contributed by atoms with Crippen molar-refractivity contribution in [3.8, 4) is 17.2 Å². The molecule has 42 heavy (non-hydrogen) atoms. The number of carbonyl (C=O) groups excluding carboxylic acids is 3. The van der Waals surface area contributed by atoms with Crippen LogP contribution in [0.5, 0.6) is 17.2 Å². The summed E-state index contributed by atoms with van der Waals surface area (Å²) in [6, 6.07) is 25.4. The summed E-state index contributed by atoms with van der Waals surface area (Å²) in [4.78, 5) is 38.5. The fraction of sp³-hybridized carbons (Fsp3) is 0.0323. The van der Waals surface area contributed by atoms with Gasteiger partial charge in [0.1, 0.15) is 11.4 Å². The number of rotatable bonds is 8. The van der Waals surface area contributed by atoms with Gasteiger partial charge in [-0.15, -0.1) is 0 Å². The third kappa shape index (κ3) is 7.50. The first-order valence-electron chi connectivity index (χ1n) is 12.4. The highest BCUT2D eigenvalue weighted by Crippen LogP contribution is 2.33. The summed E-state index contributed by atoms with van der Waals surface area (Å²) in [7, 11) is 0. The number of benzene rings is 4. The molecule has 5 rings (SSSR count). The van der Waals surface area contributed by atoms with Crippen molar-refractivity contribution in [2.75, 3.05) is 6.79 Å². The van der Waals surface area contributed by atoms with E-state index < -0.39 is 17.8 Å². The molecule has 1 heterocycles. The van der Waals surface area contributed by atoms with Gasteiger partial charge in [-0.3, -0.25) is 9.59 Å². The van der Waals surface area contributed by atoms with E-state index in [2.05, 4.69) is 47.7 Å². The molecular formula is C31H21Br2N3O6. The predicted molar refractivity (Wildman–Crippen MR) is 163 cm³/mol. The van der Waals surface area contributed by atoms with Gasteiger partial charge in [-0.05, 0) is 83.9 Å². The Morgan fingerprint density at radius 3 is 2.33 bits per heavy atom. The molecule has 0 bridgehead atoms. The van der Waals surface area contributed by atoms with E-state index in [0.29, 0.717) is 38.2 Å². The van der Waals surface area contributed by atoms with Crippen LogP contribution in [0.3, 0.4) is 0 Å². The van der Waals surface area contributed by atoms with Crippen LogP contribution in [0.2, 0.25) is 0 Å². The molecule has 0 aromatic heterocycles. The molecule has 11 heteroatoms. The zero-order valence-corrected chi connectivity index (χ0v) is 24.8. The van der Waals surface area contributed by atoms with Gasteiger partial charge >= 0.3 is 5.97 Å². The number of amides is 2. The summed E-state index contributed by atoms with van der Waals surface area (Å²) in [6.45, 7) is 0.107. The highest BCUT2D eigenvalue weighted by molar-refractivity contribution is 9.10. The summed E-state index contributed by atoms with van der Waals surface area (Å²) in [5.74, 6) is -0.252. The maximum Gasteiger partial charge on any atom is 0.343 e. The van der Waals surface area contributed by atoms with Crippen molar-refractivity contribution >= 4 is 61.9 Å². The van der Waals surface area contributed by atoms with Crippen molar-refractivity contribution in [3.63, 3.8) is 0 Å². The number of esters is 1. The Morgan fingerprint density at radius 2 is 1.55 bits per heavy atom. The van der Waals surface area contributed by atoms with Gasteiger partial charge in [-0.2, -0.15) is 5.10 Å². The Morgan fingerprint density at radius 1 is 0.786 bits per heavy atom. The zero-order valence-electron chi connectivity index (χ0n) is 21.7. The number of halogens is 2. The summed E-state index contributed by atoms with van der Waals surface area (Å²) < 4.78 is 17.7. The molecule has 2 amide bonds. The van der Waals surface area contributed by atoms with Gasteiger partial charge in [0.25, 0.3) is 11.8 Å². The van der Waals surface area contributed by atoms with E-state index in [1.54, 1.807) is 91.0 Å². The van der Waals surface area contributed by atoms with Crippen molar-refractivity contribution in [1.82, 2.24) is 10.7 Å². The van der Waals surface area contributed by atoms with Gasteiger partial charge in [0.15, 0.2) is 11.5 Å². The lowest BCUT2D eigenvalue weighted by Crippen LogP contribution is -2.32. The molecule has 0 fully saturated rings. The summed E-state index contributed by atoms with van der Waals surface area (Å²) in [5.41, 5.74) is 4.30. The van der Waals surface area contributed by atoms with Gasteiger partial charge in [0.05, 0.1) is 11.8 Å². The average Bonchev–Trinajstić information content (AvgIpc) is 3.45. The summed E-state index contributed by atoms with van der Waals surface area (Å²) in [5, 5.41) is 6.70. The minimum Gasteiger partial charge on any atom is -0.454 e. The Hall–Kier alpha value is -4.74. The number of ether oxygens (including phenoxy) is 3. The highest BCUT2D eigenvalue weighted by Gasteiger charge is 2.17. The fourth-order valence-electron chi connectivity index (χ4n) is 3.81. The fourth-order valence-corrected chi connectivity index (χ4v) is 4.56. The van der Waals surface area contributed by atoms with Gasteiger partial charge in [0.2, 0.25) is 6.79 Å². The average molecular weight is 691 g/mol. The smallest absolute Gasteiger partial charge is 0.343 e. The van der Waals surface area contributed by atoms with Crippen molar-refractivity contribution < 1.29 is 28.6 Å². The molecule has 1 aliphatic heterocycles. The molecule has 0 unspecified atom stereocenters. The van der Waals surface area contributed by atoms with E-state index in [4.69, 9.17) is 14.2 Å². The number of fused-ring (bicyclic) bond motifs is 1. The third-order valence-electron chi connectivity index (χ3n) is 5.80. The normalized spacial score (nSPS) is 12.2. The largest absolute Gasteiger partial charge is 0.454 e. The lowest BCUT2D eigenvalue weighted by Gasteiger charge is -2.10. The maximum atomic E-state index is 13.2. The van der Waals surface area contributed by atoms with Crippen molar-refractivity contribution in [2.45, 2.75) is 0 Å². The van der Waals surface area contributed by atoms with Crippen LogP contribution in [0.1, 0.15) is 31.8 Å². The molecule has 0 saturated heterocycles. The van der Waals surface area contributed by atoms with Crippen LogP contribution in [-0.2, 0) is 4.79 Å². The van der Waals surface area contributed by atoms with Crippen molar-refractivity contribution in [2.24, 2.45) is 5.10 Å². The molecule has 2 N–H and O–H groups in total. The zero-order chi connectivity index (χ0) is 29.5. The van der Waals surface area contributed by atoms with E-state index in [0.717, 1.165) is 4.47 Å². The van der Waals surface area contributed by atoms with E-state index in [1.807, 2.05) is 0 Å². The van der Waals surface area contributed by atoms with Crippen LogP contribution in [-0.4, -0.2) is 30.8 Å². The summed E-state index contributed by atoms with van der Waals surface area (Å²) in [6.07, 6.45) is 2.89. The third-order valence-corrected chi connectivity index (χ3v) is 6.79. The number of hydrogen-bond acceptors (Lipinski definition) is 7. The maximum absolute atomic E-state index is 13.2. The summed E-state index contributed by atoms with van der Waals surface area (Å²) >= 11 is 6.73. The van der Waals surface area contributed by atoms with Crippen LogP contribution in [0.25, 0.3) is 6.08 Å². The minimum absolute atomic E-state index is 0.0433. The van der Waals surface area contributed by atoms with Gasteiger partial charge in [-0.1, -0.05) is 56.1 Å². The molecule has 210 valence electrons. The molecule has 0 saturated carbocycles. The van der Waals surface area contributed by atoms with Crippen molar-refractivity contribution in [3.05, 3.63) is 128 Å². The van der Waals surface area contributed by atoms with Gasteiger partial charge in [-0.25, -0.2) is 10.2 Å². The molecule has 0 spiro atoms.